The molecule has 126 valence electrons. The number of fused-ring (bicyclic) bond motifs is 3. The van der Waals surface area contributed by atoms with Gasteiger partial charge in [-0.05, 0) is 43.4 Å². The molecule has 0 N–H and O–H groups in total. The third-order valence-corrected chi connectivity index (χ3v) is 4.11. The zero-order valence-corrected chi connectivity index (χ0v) is 14.6. The summed E-state index contributed by atoms with van der Waals surface area (Å²) in [6.07, 6.45) is 2.70. The van der Waals surface area contributed by atoms with Crippen LogP contribution in [0.1, 0.15) is 32.9 Å². The normalized spacial score (nSPS) is 12.9. The van der Waals surface area contributed by atoms with Crippen molar-refractivity contribution in [3.63, 3.8) is 0 Å². The second kappa shape index (κ2) is 6.63. The largest absolute Gasteiger partial charge is 0.493 e. The minimum Gasteiger partial charge on any atom is -0.493 e. The van der Waals surface area contributed by atoms with Crippen LogP contribution in [0.25, 0.3) is 21.7 Å². The molecule has 3 rings (SSSR count). The highest BCUT2D eigenvalue weighted by molar-refractivity contribution is 6.04. The van der Waals surface area contributed by atoms with Crippen molar-refractivity contribution in [1.29, 1.82) is 0 Å². The number of benzene rings is 1. The number of rotatable bonds is 5. The van der Waals surface area contributed by atoms with Crippen LogP contribution in [0, 0.1) is 18.8 Å². The molecular formula is C20H23NO3. The molecule has 0 amide bonds. The lowest BCUT2D eigenvalue weighted by Gasteiger charge is -2.15. The molecule has 2 aromatic heterocycles. The molecule has 1 atom stereocenters. The molecule has 2 heterocycles. The average molecular weight is 325 g/mol. The molecule has 3 aromatic rings. The first-order valence-corrected chi connectivity index (χ1v) is 8.40. The summed E-state index contributed by atoms with van der Waals surface area (Å²) in [5, 5.41) is 2.28. The zero-order chi connectivity index (χ0) is 17.3. The fourth-order valence-electron chi connectivity index (χ4n) is 3.11. The quantitative estimate of drug-likeness (QED) is 0.503. The summed E-state index contributed by atoms with van der Waals surface area (Å²) in [6.45, 7) is 9.18. The lowest BCUT2D eigenvalue weighted by atomic mass is 10.00. The van der Waals surface area contributed by atoms with Crippen molar-refractivity contribution in [2.45, 2.75) is 34.1 Å². The highest BCUT2D eigenvalue weighted by Crippen LogP contribution is 2.27. The maximum absolute atomic E-state index is 12.2. The first-order chi connectivity index (χ1) is 11.4. The first-order valence-electron chi connectivity index (χ1n) is 8.40. The molecule has 0 saturated heterocycles. The van der Waals surface area contributed by atoms with Crippen molar-refractivity contribution in [2.75, 3.05) is 6.61 Å². The number of aromatic nitrogens is 1. The molecule has 0 aliphatic carbocycles. The Hall–Kier alpha value is -2.36. The average Bonchev–Trinajstić information content (AvgIpc) is 2.52. The van der Waals surface area contributed by atoms with Crippen molar-refractivity contribution >= 4 is 21.7 Å². The molecule has 0 spiro atoms. The van der Waals surface area contributed by atoms with E-state index in [1.54, 1.807) is 12.3 Å². The van der Waals surface area contributed by atoms with Crippen LogP contribution >= 0.6 is 0 Å². The van der Waals surface area contributed by atoms with Gasteiger partial charge in [-0.15, -0.1) is 0 Å². The number of aryl methyl sites for hydroxylation is 1. The highest BCUT2D eigenvalue weighted by Gasteiger charge is 2.10. The Labute approximate surface area is 141 Å². The SMILES string of the molecule is Cc1cc2c(cn1)c(=O)oc1cc(OC[C@H](C)CC(C)C)ccc12. The van der Waals surface area contributed by atoms with E-state index < -0.39 is 0 Å². The summed E-state index contributed by atoms with van der Waals surface area (Å²) in [6, 6.07) is 7.59. The maximum atomic E-state index is 12.2. The standard InChI is InChI=1S/C20H23NO3/c1-12(2)7-13(3)11-23-15-5-6-16-17-8-14(4)21-10-18(17)20(22)24-19(16)9-15/h5-6,8-10,12-13H,7,11H2,1-4H3/t13-/m1/s1. The molecule has 0 bridgehead atoms. The van der Waals surface area contributed by atoms with Crippen LogP contribution in [0.4, 0.5) is 0 Å². The van der Waals surface area contributed by atoms with E-state index in [9.17, 15) is 4.79 Å². The number of nitrogens with zero attached hydrogens (tertiary/aromatic N) is 1. The molecule has 0 unspecified atom stereocenters. The molecule has 24 heavy (non-hydrogen) atoms. The Morgan fingerprint density at radius 1 is 1.12 bits per heavy atom. The summed E-state index contributed by atoms with van der Waals surface area (Å²) in [4.78, 5) is 16.3. The van der Waals surface area contributed by atoms with Gasteiger partial charge >= 0.3 is 5.63 Å². The maximum Gasteiger partial charge on any atom is 0.345 e. The Kier molecular flexibility index (Phi) is 4.56. The predicted molar refractivity (Wildman–Crippen MR) is 96.6 cm³/mol. The molecule has 1 aromatic carbocycles. The van der Waals surface area contributed by atoms with E-state index >= 15 is 0 Å². The van der Waals surface area contributed by atoms with E-state index in [1.165, 1.54) is 0 Å². The van der Waals surface area contributed by atoms with Crippen LogP contribution in [-0.4, -0.2) is 11.6 Å². The van der Waals surface area contributed by atoms with E-state index in [-0.39, 0.29) is 5.63 Å². The zero-order valence-electron chi connectivity index (χ0n) is 14.6. The van der Waals surface area contributed by atoms with Gasteiger partial charge in [0.05, 0.1) is 12.0 Å². The van der Waals surface area contributed by atoms with Gasteiger partial charge in [0.2, 0.25) is 0 Å². The van der Waals surface area contributed by atoms with Crippen molar-refractivity contribution in [3.05, 3.63) is 46.6 Å². The third-order valence-electron chi connectivity index (χ3n) is 4.11. The number of hydrogen-bond donors (Lipinski definition) is 0. The Morgan fingerprint density at radius 3 is 2.67 bits per heavy atom. The molecule has 0 aliphatic rings. The fourth-order valence-corrected chi connectivity index (χ4v) is 3.11. The van der Waals surface area contributed by atoms with Crippen LogP contribution < -0.4 is 10.4 Å². The topological polar surface area (TPSA) is 52.3 Å². The summed E-state index contributed by atoms with van der Waals surface area (Å²) < 4.78 is 11.3. The summed E-state index contributed by atoms with van der Waals surface area (Å²) in [5.41, 5.74) is 1.06. The van der Waals surface area contributed by atoms with Crippen molar-refractivity contribution < 1.29 is 9.15 Å². The van der Waals surface area contributed by atoms with Crippen LogP contribution in [0.5, 0.6) is 5.75 Å². The monoisotopic (exact) mass is 325 g/mol. The fraction of sp³-hybridized carbons (Fsp3) is 0.400. The number of pyridine rings is 1. The summed E-state index contributed by atoms with van der Waals surface area (Å²) in [5.74, 6) is 1.87. The summed E-state index contributed by atoms with van der Waals surface area (Å²) >= 11 is 0. The smallest absolute Gasteiger partial charge is 0.345 e. The van der Waals surface area contributed by atoms with Crippen molar-refractivity contribution in [2.24, 2.45) is 11.8 Å². The second-order valence-corrected chi connectivity index (χ2v) is 6.96. The predicted octanol–water partition coefficient (Wildman–Crippen LogP) is 4.71. The van der Waals surface area contributed by atoms with Gasteiger partial charge in [0.15, 0.2) is 0 Å². The van der Waals surface area contributed by atoms with Crippen LogP contribution in [0.3, 0.4) is 0 Å². The molecule has 4 nitrogen and oxygen atoms in total. The Bertz CT molecular complexity index is 927. The van der Waals surface area contributed by atoms with Gasteiger partial charge in [0, 0.05) is 28.7 Å². The summed E-state index contributed by atoms with van der Waals surface area (Å²) in [7, 11) is 0. The van der Waals surface area contributed by atoms with E-state index in [0.29, 0.717) is 29.4 Å². The Balaban J connectivity index is 1.94. The van der Waals surface area contributed by atoms with Crippen LogP contribution in [-0.2, 0) is 0 Å². The molecule has 0 radical (unpaired) electrons. The minimum absolute atomic E-state index is 0.365. The molecule has 0 fully saturated rings. The number of hydrogen-bond acceptors (Lipinski definition) is 4. The minimum atomic E-state index is -0.365. The van der Waals surface area contributed by atoms with Gasteiger partial charge in [-0.3, -0.25) is 4.98 Å². The molecule has 0 saturated carbocycles. The van der Waals surface area contributed by atoms with Gasteiger partial charge in [0.1, 0.15) is 11.3 Å². The van der Waals surface area contributed by atoms with Crippen molar-refractivity contribution in [1.82, 2.24) is 4.98 Å². The molecular weight excluding hydrogens is 302 g/mol. The second-order valence-electron chi connectivity index (χ2n) is 6.96. The van der Waals surface area contributed by atoms with Gasteiger partial charge in [-0.25, -0.2) is 4.79 Å². The first kappa shape index (κ1) is 16.5. The lowest BCUT2D eigenvalue weighted by molar-refractivity contribution is 0.239. The highest BCUT2D eigenvalue weighted by atomic mass is 16.5. The van der Waals surface area contributed by atoms with E-state index in [4.69, 9.17) is 9.15 Å². The van der Waals surface area contributed by atoms with Gasteiger partial charge in [-0.1, -0.05) is 20.8 Å². The number of ether oxygens (including phenoxy) is 1. The van der Waals surface area contributed by atoms with Gasteiger partial charge in [0.25, 0.3) is 0 Å². The van der Waals surface area contributed by atoms with E-state index in [0.717, 1.165) is 28.6 Å². The Morgan fingerprint density at radius 2 is 1.92 bits per heavy atom. The van der Waals surface area contributed by atoms with Gasteiger partial charge < -0.3 is 9.15 Å². The van der Waals surface area contributed by atoms with E-state index in [1.807, 2.05) is 25.1 Å². The molecule has 4 heteroatoms. The van der Waals surface area contributed by atoms with Crippen LogP contribution in [0.2, 0.25) is 0 Å². The van der Waals surface area contributed by atoms with Crippen molar-refractivity contribution in [3.8, 4) is 5.75 Å². The molecule has 0 aliphatic heterocycles. The van der Waals surface area contributed by atoms with Crippen LogP contribution in [0.15, 0.2) is 39.7 Å². The third kappa shape index (κ3) is 3.42. The van der Waals surface area contributed by atoms with Gasteiger partial charge in [-0.2, -0.15) is 0 Å². The van der Waals surface area contributed by atoms with E-state index in [2.05, 4.69) is 25.8 Å². The lowest BCUT2D eigenvalue weighted by Crippen LogP contribution is -2.11.